The Kier molecular flexibility index (Phi) is 2.86. The minimum absolute atomic E-state index is 0.181. The SMILES string of the molecule is Cn1ncc2c(=O)n(Cc3noc(-c4ccsc4)n3)cnc21. The first kappa shape index (κ1) is 12.9. The quantitative estimate of drug-likeness (QED) is 0.566. The van der Waals surface area contributed by atoms with E-state index in [1.165, 1.54) is 17.1 Å². The van der Waals surface area contributed by atoms with Crippen molar-refractivity contribution in [1.29, 1.82) is 0 Å². The standard InChI is InChI=1S/C13H10N6O2S/c1-18-11-9(4-15-18)13(20)19(7-14-11)5-10-16-12(21-17-10)8-2-3-22-6-8/h2-4,6-7H,5H2,1H3. The zero-order chi connectivity index (χ0) is 15.1. The number of nitrogens with zero attached hydrogens (tertiary/aromatic N) is 6. The van der Waals surface area contributed by atoms with Crippen LogP contribution in [0.3, 0.4) is 0 Å². The summed E-state index contributed by atoms with van der Waals surface area (Å²) in [5.74, 6) is 0.869. The second-order valence-electron chi connectivity index (χ2n) is 4.71. The lowest BCUT2D eigenvalue weighted by Crippen LogP contribution is -2.21. The lowest BCUT2D eigenvalue weighted by Gasteiger charge is -2.01. The summed E-state index contributed by atoms with van der Waals surface area (Å²) in [5, 5.41) is 12.3. The summed E-state index contributed by atoms with van der Waals surface area (Å²) in [6.07, 6.45) is 2.97. The summed E-state index contributed by atoms with van der Waals surface area (Å²) in [6, 6.07) is 1.90. The van der Waals surface area contributed by atoms with Crippen molar-refractivity contribution >= 4 is 22.4 Å². The Bertz CT molecular complexity index is 997. The molecule has 4 aromatic heterocycles. The van der Waals surface area contributed by atoms with E-state index in [4.69, 9.17) is 4.52 Å². The highest BCUT2D eigenvalue weighted by Gasteiger charge is 2.12. The van der Waals surface area contributed by atoms with E-state index in [1.807, 2.05) is 16.8 Å². The van der Waals surface area contributed by atoms with Crippen LogP contribution in [-0.2, 0) is 13.6 Å². The molecule has 22 heavy (non-hydrogen) atoms. The van der Waals surface area contributed by atoms with E-state index in [0.29, 0.717) is 22.7 Å². The highest BCUT2D eigenvalue weighted by molar-refractivity contribution is 7.08. The number of hydrogen-bond donors (Lipinski definition) is 0. The van der Waals surface area contributed by atoms with Crippen LogP contribution in [0.1, 0.15) is 5.82 Å². The van der Waals surface area contributed by atoms with Crippen LogP contribution in [0.4, 0.5) is 0 Å². The van der Waals surface area contributed by atoms with Crippen LogP contribution >= 0.6 is 11.3 Å². The van der Waals surface area contributed by atoms with Gasteiger partial charge in [0.05, 0.1) is 18.3 Å². The van der Waals surface area contributed by atoms with Crippen molar-refractivity contribution in [3.8, 4) is 11.5 Å². The van der Waals surface area contributed by atoms with E-state index < -0.39 is 0 Å². The van der Waals surface area contributed by atoms with E-state index in [1.54, 1.807) is 23.1 Å². The molecule has 0 aromatic carbocycles. The van der Waals surface area contributed by atoms with Crippen molar-refractivity contribution in [2.75, 3.05) is 0 Å². The Morgan fingerprint density at radius 3 is 3.14 bits per heavy atom. The molecule has 0 aliphatic carbocycles. The fourth-order valence-electron chi connectivity index (χ4n) is 2.15. The van der Waals surface area contributed by atoms with Gasteiger partial charge in [0.2, 0.25) is 0 Å². The first-order chi connectivity index (χ1) is 10.7. The average molecular weight is 314 g/mol. The lowest BCUT2D eigenvalue weighted by atomic mass is 10.3. The zero-order valence-corrected chi connectivity index (χ0v) is 12.3. The van der Waals surface area contributed by atoms with Gasteiger partial charge in [-0.25, -0.2) is 4.98 Å². The summed E-state index contributed by atoms with van der Waals surface area (Å²) < 4.78 is 8.20. The van der Waals surface area contributed by atoms with E-state index in [-0.39, 0.29) is 12.1 Å². The van der Waals surface area contributed by atoms with Crippen molar-refractivity contribution in [2.24, 2.45) is 7.05 Å². The van der Waals surface area contributed by atoms with Crippen LogP contribution < -0.4 is 5.56 Å². The summed E-state index contributed by atoms with van der Waals surface area (Å²) >= 11 is 1.55. The maximum atomic E-state index is 12.4. The van der Waals surface area contributed by atoms with Crippen molar-refractivity contribution in [3.05, 3.63) is 45.5 Å². The predicted octanol–water partition coefficient (Wildman–Crippen LogP) is 1.29. The maximum absolute atomic E-state index is 12.4. The molecular formula is C13H10N6O2S. The Balaban J connectivity index is 1.69. The van der Waals surface area contributed by atoms with Gasteiger partial charge in [-0.05, 0) is 11.4 Å². The smallest absolute Gasteiger partial charge is 0.264 e. The molecule has 0 saturated heterocycles. The van der Waals surface area contributed by atoms with E-state index in [2.05, 4.69) is 20.2 Å². The molecule has 4 rings (SSSR count). The summed E-state index contributed by atoms with van der Waals surface area (Å²) in [7, 11) is 1.74. The third kappa shape index (κ3) is 2.02. The van der Waals surface area contributed by atoms with Gasteiger partial charge in [-0.2, -0.15) is 21.4 Å². The molecule has 0 spiro atoms. The van der Waals surface area contributed by atoms with Gasteiger partial charge in [-0.1, -0.05) is 5.16 Å². The molecule has 0 bridgehead atoms. The molecule has 0 amide bonds. The van der Waals surface area contributed by atoms with Gasteiger partial charge in [0.1, 0.15) is 11.7 Å². The summed E-state index contributed by atoms with van der Waals surface area (Å²) in [4.78, 5) is 20.9. The number of aryl methyl sites for hydroxylation is 1. The first-order valence-corrected chi connectivity index (χ1v) is 7.39. The van der Waals surface area contributed by atoms with Gasteiger partial charge in [-0.3, -0.25) is 14.0 Å². The molecule has 0 unspecified atom stereocenters. The minimum atomic E-state index is -0.181. The van der Waals surface area contributed by atoms with Gasteiger partial charge in [-0.15, -0.1) is 0 Å². The van der Waals surface area contributed by atoms with E-state index >= 15 is 0 Å². The Hall–Kier alpha value is -2.81. The molecule has 0 N–H and O–H groups in total. The van der Waals surface area contributed by atoms with E-state index in [0.717, 1.165) is 5.56 Å². The number of thiophene rings is 1. The molecule has 0 saturated carbocycles. The Morgan fingerprint density at radius 2 is 2.32 bits per heavy atom. The number of aromatic nitrogens is 6. The summed E-state index contributed by atoms with van der Waals surface area (Å²) in [5.41, 5.74) is 1.24. The highest BCUT2D eigenvalue weighted by Crippen LogP contribution is 2.19. The molecule has 9 heteroatoms. The largest absolute Gasteiger partial charge is 0.334 e. The topological polar surface area (TPSA) is 91.6 Å². The molecule has 0 aliphatic rings. The summed E-state index contributed by atoms with van der Waals surface area (Å²) in [6.45, 7) is 0.199. The van der Waals surface area contributed by atoms with Gasteiger partial charge in [0, 0.05) is 12.4 Å². The second kappa shape index (κ2) is 4.88. The van der Waals surface area contributed by atoms with Gasteiger partial charge in [0.25, 0.3) is 11.4 Å². The Labute approximate surface area is 127 Å². The number of fused-ring (bicyclic) bond motifs is 1. The van der Waals surface area contributed by atoms with Gasteiger partial charge >= 0.3 is 0 Å². The average Bonchev–Trinajstić information content (AvgIpc) is 3.23. The third-order valence-corrected chi connectivity index (χ3v) is 3.95. The van der Waals surface area contributed by atoms with E-state index in [9.17, 15) is 4.79 Å². The fraction of sp³-hybridized carbons (Fsp3) is 0.154. The fourth-order valence-corrected chi connectivity index (χ4v) is 2.78. The molecule has 4 heterocycles. The van der Waals surface area contributed by atoms with Crippen LogP contribution in [0.15, 0.2) is 38.7 Å². The van der Waals surface area contributed by atoms with Crippen LogP contribution in [0.25, 0.3) is 22.5 Å². The number of rotatable bonds is 3. The van der Waals surface area contributed by atoms with Crippen LogP contribution in [0.5, 0.6) is 0 Å². The lowest BCUT2D eigenvalue weighted by molar-refractivity contribution is 0.420. The zero-order valence-electron chi connectivity index (χ0n) is 11.5. The molecule has 0 aliphatic heterocycles. The van der Waals surface area contributed by atoms with Crippen molar-refractivity contribution in [1.82, 2.24) is 29.5 Å². The normalized spacial score (nSPS) is 11.3. The Morgan fingerprint density at radius 1 is 1.41 bits per heavy atom. The number of hydrogen-bond acceptors (Lipinski definition) is 7. The second-order valence-corrected chi connectivity index (χ2v) is 5.49. The van der Waals surface area contributed by atoms with Crippen molar-refractivity contribution < 1.29 is 4.52 Å². The maximum Gasteiger partial charge on any atom is 0.264 e. The molecule has 4 aromatic rings. The third-order valence-electron chi connectivity index (χ3n) is 3.27. The molecule has 8 nitrogen and oxygen atoms in total. The molecule has 110 valence electrons. The van der Waals surface area contributed by atoms with Gasteiger partial charge in [0.15, 0.2) is 11.5 Å². The first-order valence-electron chi connectivity index (χ1n) is 6.44. The monoisotopic (exact) mass is 314 g/mol. The van der Waals surface area contributed by atoms with Crippen LogP contribution in [0, 0.1) is 0 Å². The van der Waals surface area contributed by atoms with Crippen LogP contribution in [-0.4, -0.2) is 29.5 Å². The predicted molar refractivity (Wildman–Crippen MR) is 79.5 cm³/mol. The highest BCUT2D eigenvalue weighted by atomic mass is 32.1. The van der Waals surface area contributed by atoms with Gasteiger partial charge < -0.3 is 4.52 Å². The molecule has 0 radical (unpaired) electrons. The molecule has 0 atom stereocenters. The van der Waals surface area contributed by atoms with Crippen LogP contribution in [0.2, 0.25) is 0 Å². The van der Waals surface area contributed by atoms with Crippen molar-refractivity contribution in [2.45, 2.75) is 6.54 Å². The van der Waals surface area contributed by atoms with Crippen molar-refractivity contribution in [3.63, 3.8) is 0 Å². The molecular weight excluding hydrogens is 304 g/mol. The molecule has 0 fully saturated rings. The minimum Gasteiger partial charge on any atom is -0.334 e.